The number of esters is 2. The molecule has 0 aliphatic carbocycles. The number of benzene rings is 1. The van der Waals surface area contributed by atoms with Crippen LogP contribution in [0, 0.1) is 22.0 Å². The first kappa shape index (κ1) is 20.7. The molecule has 2 fully saturated rings. The summed E-state index contributed by atoms with van der Waals surface area (Å²) >= 11 is 0. The van der Waals surface area contributed by atoms with Gasteiger partial charge < -0.3 is 14.2 Å². The Morgan fingerprint density at radius 3 is 2.13 bits per heavy atom. The first-order valence-electron chi connectivity index (χ1n) is 9.37. The zero-order valence-corrected chi connectivity index (χ0v) is 16.8. The lowest BCUT2D eigenvalue weighted by Gasteiger charge is -2.34. The van der Waals surface area contributed by atoms with Crippen LogP contribution in [0.3, 0.4) is 0 Å². The van der Waals surface area contributed by atoms with Crippen LogP contribution in [0.1, 0.15) is 20.8 Å². The summed E-state index contributed by atoms with van der Waals surface area (Å²) in [6.45, 7) is 3.84. The van der Waals surface area contributed by atoms with E-state index in [1.165, 1.54) is 30.3 Å². The molecule has 11 heteroatoms. The summed E-state index contributed by atoms with van der Waals surface area (Å²) in [5.41, 5.74) is -2.92. The molecule has 0 N–H and O–H groups in total. The first-order chi connectivity index (χ1) is 14.5. The van der Waals surface area contributed by atoms with Crippen LogP contribution >= 0.6 is 0 Å². The van der Waals surface area contributed by atoms with Crippen molar-refractivity contribution in [3.63, 3.8) is 0 Å². The standard InChI is InChI=1S/C20H18N2O9/c1-10(23)29-18(30-11(2)24)20-9-8-19(3,31-20)14-15(20)17(26)21(16(14)25)12-4-6-13(7-5-12)22(27)28/h4-9,14-15,18H,1-3H3/t14-,15-,19-,20+/m1/s1. The number of nitrogens with zero attached hydrogens (tertiary/aromatic N) is 2. The summed E-state index contributed by atoms with van der Waals surface area (Å²) in [5.74, 6) is -4.84. The number of carbonyl (C=O) groups excluding carboxylic acids is 4. The Morgan fingerprint density at radius 2 is 1.61 bits per heavy atom. The van der Waals surface area contributed by atoms with Gasteiger partial charge in [0.15, 0.2) is 5.60 Å². The highest BCUT2D eigenvalue weighted by Crippen LogP contribution is 2.59. The van der Waals surface area contributed by atoms with Crippen LogP contribution in [0.2, 0.25) is 0 Å². The zero-order valence-electron chi connectivity index (χ0n) is 16.8. The molecule has 0 aromatic heterocycles. The molecule has 0 radical (unpaired) electrons. The predicted molar refractivity (Wildman–Crippen MR) is 101 cm³/mol. The molecule has 2 saturated heterocycles. The van der Waals surface area contributed by atoms with Crippen LogP contribution in [-0.2, 0) is 33.4 Å². The maximum Gasteiger partial charge on any atom is 0.305 e. The number of rotatable bonds is 5. The number of ether oxygens (including phenoxy) is 3. The van der Waals surface area contributed by atoms with E-state index in [2.05, 4.69) is 0 Å². The van der Waals surface area contributed by atoms with E-state index in [9.17, 15) is 29.3 Å². The van der Waals surface area contributed by atoms with Crippen molar-refractivity contribution in [3.05, 3.63) is 46.5 Å². The van der Waals surface area contributed by atoms with E-state index in [-0.39, 0.29) is 11.4 Å². The highest BCUT2D eigenvalue weighted by atomic mass is 16.7. The van der Waals surface area contributed by atoms with Crippen LogP contribution in [0.4, 0.5) is 11.4 Å². The van der Waals surface area contributed by atoms with Crippen molar-refractivity contribution >= 4 is 35.1 Å². The molecule has 4 rings (SSSR count). The van der Waals surface area contributed by atoms with E-state index in [1.54, 1.807) is 13.0 Å². The smallest absolute Gasteiger partial charge is 0.305 e. The van der Waals surface area contributed by atoms with Crippen molar-refractivity contribution in [2.45, 2.75) is 38.3 Å². The van der Waals surface area contributed by atoms with E-state index >= 15 is 0 Å². The minimum atomic E-state index is -1.68. The molecular weight excluding hydrogens is 412 g/mol. The topological polar surface area (TPSA) is 142 Å². The number of hydrogen-bond donors (Lipinski definition) is 0. The van der Waals surface area contributed by atoms with Gasteiger partial charge in [-0.2, -0.15) is 0 Å². The number of anilines is 1. The fraction of sp³-hybridized carbons (Fsp3) is 0.400. The second kappa shape index (κ2) is 6.71. The number of nitro benzene ring substituents is 1. The average Bonchev–Trinajstić information content (AvgIpc) is 3.26. The molecule has 0 saturated carbocycles. The van der Waals surface area contributed by atoms with Gasteiger partial charge >= 0.3 is 11.9 Å². The van der Waals surface area contributed by atoms with E-state index in [0.29, 0.717) is 0 Å². The van der Waals surface area contributed by atoms with E-state index in [4.69, 9.17) is 14.2 Å². The molecule has 1 aromatic carbocycles. The second-order valence-electron chi connectivity index (χ2n) is 7.76. The third-order valence-electron chi connectivity index (χ3n) is 5.71. The second-order valence-corrected chi connectivity index (χ2v) is 7.76. The number of imide groups is 1. The summed E-state index contributed by atoms with van der Waals surface area (Å²) in [6.07, 6.45) is 1.48. The fourth-order valence-electron chi connectivity index (χ4n) is 4.54. The molecule has 3 aliphatic heterocycles. The van der Waals surface area contributed by atoms with E-state index in [0.717, 1.165) is 18.7 Å². The van der Waals surface area contributed by atoms with Crippen molar-refractivity contribution in [1.29, 1.82) is 0 Å². The molecule has 0 spiro atoms. The largest absolute Gasteiger partial charge is 0.422 e. The molecule has 3 aliphatic rings. The molecule has 31 heavy (non-hydrogen) atoms. The lowest BCUT2D eigenvalue weighted by atomic mass is 9.72. The third kappa shape index (κ3) is 2.92. The van der Waals surface area contributed by atoms with Gasteiger partial charge in [0.2, 0.25) is 11.8 Å². The highest BCUT2D eigenvalue weighted by molar-refractivity contribution is 6.23. The summed E-state index contributed by atoms with van der Waals surface area (Å²) < 4.78 is 16.4. The minimum Gasteiger partial charge on any atom is -0.422 e. The van der Waals surface area contributed by atoms with Crippen molar-refractivity contribution in [3.8, 4) is 0 Å². The molecular formula is C20H18N2O9. The van der Waals surface area contributed by atoms with Crippen molar-refractivity contribution < 1.29 is 38.3 Å². The van der Waals surface area contributed by atoms with Crippen LogP contribution in [0.15, 0.2) is 36.4 Å². The van der Waals surface area contributed by atoms with Gasteiger partial charge in [0.05, 0.1) is 28.0 Å². The summed E-state index contributed by atoms with van der Waals surface area (Å²) in [5, 5.41) is 10.9. The number of fused-ring (bicyclic) bond motifs is 5. The predicted octanol–water partition coefficient (Wildman–Crippen LogP) is 1.25. The molecule has 11 nitrogen and oxygen atoms in total. The molecule has 2 amide bonds. The van der Waals surface area contributed by atoms with Crippen LogP contribution in [0.25, 0.3) is 0 Å². The van der Waals surface area contributed by atoms with Gasteiger partial charge in [0.25, 0.3) is 12.0 Å². The third-order valence-corrected chi connectivity index (χ3v) is 5.71. The zero-order chi connectivity index (χ0) is 22.7. The summed E-state index contributed by atoms with van der Waals surface area (Å²) in [7, 11) is 0. The summed E-state index contributed by atoms with van der Waals surface area (Å²) in [4.78, 5) is 61.2. The SMILES string of the molecule is CC(=O)OC(OC(C)=O)[C@@]12C=C[C@@](C)(O1)[C@H]1C(=O)N(c3ccc([N+](=O)[O-])cc3)C(=O)[C@@H]12. The molecule has 4 atom stereocenters. The van der Waals surface area contributed by atoms with Gasteiger partial charge in [-0.05, 0) is 25.1 Å². The van der Waals surface area contributed by atoms with Gasteiger partial charge in [-0.3, -0.25) is 29.3 Å². The van der Waals surface area contributed by atoms with Gasteiger partial charge in [-0.1, -0.05) is 6.08 Å². The Morgan fingerprint density at radius 1 is 1.06 bits per heavy atom. The quantitative estimate of drug-likeness (QED) is 0.168. The van der Waals surface area contributed by atoms with Crippen LogP contribution in [0.5, 0.6) is 0 Å². The normalized spacial score (nSPS) is 30.6. The number of non-ortho nitro benzene ring substituents is 1. The van der Waals surface area contributed by atoms with Crippen molar-refractivity contribution in [1.82, 2.24) is 0 Å². The Hall–Kier alpha value is -3.60. The fourth-order valence-corrected chi connectivity index (χ4v) is 4.54. The van der Waals surface area contributed by atoms with E-state index < -0.39 is 58.0 Å². The molecule has 162 valence electrons. The number of amides is 2. The monoisotopic (exact) mass is 430 g/mol. The number of nitro groups is 1. The lowest BCUT2D eigenvalue weighted by Crippen LogP contribution is -2.52. The Kier molecular flexibility index (Phi) is 4.47. The van der Waals surface area contributed by atoms with Crippen molar-refractivity contribution in [2.75, 3.05) is 4.90 Å². The van der Waals surface area contributed by atoms with Gasteiger partial charge in [0.1, 0.15) is 0 Å². The van der Waals surface area contributed by atoms with Gasteiger partial charge in [-0.15, -0.1) is 0 Å². The van der Waals surface area contributed by atoms with Gasteiger partial charge in [0, 0.05) is 26.0 Å². The van der Waals surface area contributed by atoms with E-state index in [1.807, 2.05) is 0 Å². The minimum absolute atomic E-state index is 0.157. The molecule has 3 heterocycles. The maximum absolute atomic E-state index is 13.4. The van der Waals surface area contributed by atoms with Crippen LogP contribution < -0.4 is 4.90 Å². The molecule has 1 aromatic rings. The lowest BCUT2D eigenvalue weighted by molar-refractivity contribution is -0.384. The Balaban J connectivity index is 1.76. The van der Waals surface area contributed by atoms with Crippen LogP contribution in [-0.4, -0.2) is 46.2 Å². The molecule has 2 bridgehead atoms. The average molecular weight is 430 g/mol. The number of hydrogen-bond acceptors (Lipinski definition) is 9. The number of carbonyl (C=O) groups is 4. The summed E-state index contributed by atoms with van der Waals surface area (Å²) in [6, 6.07) is 4.97. The Bertz CT molecular complexity index is 1030. The maximum atomic E-state index is 13.4. The first-order valence-corrected chi connectivity index (χ1v) is 9.37. The molecule has 0 unspecified atom stereocenters. The Labute approximate surface area is 175 Å². The van der Waals surface area contributed by atoms with Gasteiger partial charge in [-0.25, -0.2) is 4.90 Å². The van der Waals surface area contributed by atoms with Crippen molar-refractivity contribution in [2.24, 2.45) is 11.8 Å². The highest BCUT2D eigenvalue weighted by Gasteiger charge is 2.75.